The van der Waals surface area contributed by atoms with Gasteiger partial charge in [-0.15, -0.1) is 0 Å². The van der Waals surface area contributed by atoms with E-state index in [0.717, 1.165) is 75.5 Å². The number of esters is 3. The molecule has 0 saturated heterocycles. The van der Waals surface area contributed by atoms with E-state index >= 15 is 0 Å². The molecule has 0 N–H and O–H groups in total. The highest BCUT2D eigenvalue weighted by atomic mass is 16.6. The fourth-order valence-electron chi connectivity index (χ4n) is 9.14. The number of hydrogen-bond donors (Lipinski definition) is 0. The van der Waals surface area contributed by atoms with Gasteiger partial charge in [0, 0.05) is 19.3 Å². The van der Waals surface area contributed by atoms with Crippen LogP contribution in [0.2, 0.25) is 0 Å². The fraction of sp³-hybridized carbons (Fsp3) is 0.950. The normalized spacial score (nSPS) is 12.5. The van der Waals surface area contributed by atoms with Crippen molar-refractivity contribution in [3.63, 3.8) is 0 Å². The van der Waals surface area contributed by atoms with Crippen LogP contribution in [0.1, 0.15) is 330 Å². The number of carbonyl (C=O) groups excluding carboxylic acids is 3. The number of hydrogen-bond acceptors (Lipinski definition) is 6. The highest BCUT2D eigenvalue weighted by Gasteiger charge is 2.19. The van der Waals surface area contributed by atoms with Crippen molar-refractivity contribution in [1.29, 1.82) is 0 Å². The van der Waals surface area contributed by atoms with Crippen LogP contribution in [0.25, 0.3) is 0 Å². The zero-order chi connectivity index (χ0) is 48.4. The first kappa shape index (κ1) is 64.4. The second kappa shape index (κ2) is 51.3. The second-order valence-electron chi connectivity index (χ2n) is 21.8. The molecule has 0 saturated carbocycles. The molecular weight excluding hydrogens is 817 g/mol. The van der Waals surface area contributed by atoms with Crippen LogP contribution in [0, 0.1) is 17.8 Å². The zero-order valence-corrected chi connectivity index (χ0v) is 45.5. The van der Waals surface area contributed by atoms with E-state index in [-0.39, 0.29) is 31.1 Å². The van der Waals surface area contributed by atoms with Crippen molar-refractivity contribution < 1.29 is 28.6 Å². The average molecular weight is 934 g/mol. The van der Waals surface area contributed by atoms with Gasteiger partial charge in [0.1, 0.15) is 13.2 Å². The van der Waals surface area contributed by atoms with E-state index in [4.69, 9.17) is 14.2 Å². The lowest BCUT2D eigenvalue weighted by atomic mass is 9.99. The lowest BCUT2D eigenvalue weighted by molar-refractivity contribution is -0.167. The molecule has 0 bridgehead atoms. The van der Waals surface area contributed by atoms with Crippen molar-refractivity contribution in [2.75, 3.05) is 13.2 Å². The summed E-state index contributed by atoms with van der Waals surface area (Å²) in [4.78, 5) is 38.1. The van der Waals surface area contributed by atoms with E-state index in [0.29, 0.717) is 19.3 Å². The minimum atomic E-state index is -0.764. The standard InChI is InChI=1S/C60H116O6/c1-7-56(6)48-42-36-30-23-19-14-12-10-8-9-11-13-15-20-24-31-37-43-49-58(61)64-52-57(53-65-59(62)50-44-38-32-27-26-29-35-41-47-55(4)5)66-60(63)51-45-39-33-25-21-17-16-18-22-28-34-40-46-54(2)3/h54-57H,7-53H2,1-6H3/t56?,57-/m1/s1. The number of unbranched alkanes of at least 4 members (excludes halogenated alkanes) is 35. The van der Waals surface area contributed by atoms with E-state index in [1.54, 1.807) is 0 Å². The van der Waals surface area contributed by atoms with Gasteiger partial charge in [-0.2, -0.15) is 0 Å². The van der Waals surface area contributed by atoms with E-state index in [1.807, 2.05) is 0 Å². The smallest absolute Gasteiger partial charge is 0.306 e. The van der Waals surface area contributed by atoms with Gasteiger partial charge in [-0.25, -0.2) is 0 Å². The van der Waals surface area contributed by atoms with Crippen LogP contribution in [0.4, 0.5) is 0 Å². The molecule has 0 amide bonds. The third kappa shape index (κ3) is 51.8. The van der Waals surface area contributed by atoms with Crippen LogP contribution in [-0.2, 0) is 28.6 Å². The molecule has 0 aliphatic heterocycles. The monoisotopic (exact) mass is 933 g/mol. The predicted molar refractivity (Wildman–Crippen MR) is 284 cm³/mol. The Morgan fingerprint density at radius 3 is 0.788 bits per heavy atom. The zero-order valence-electron chi connectivity index (χ0n) is 45.5. The molecule has 0 fully saturated rings. The van der Waals surface area contributed by atoms with Crippen molar-refractivity contribution in [3.8, 4) is 0 Å². The molecule has 0 aliphatic rings. The Balaban J connectivity index is 4.22. The minimum absolute atomic E-state index is 0.0638. The molecule has 0 aromatic heterocycles. The predicted octanol–water partition coefficient (Wildman–Crippen LogP) is 19.5. The van der Waals surface area contributed by atoms with Crippen molar-refractivity contribution >= 4 is 17.9 Å². The van der Waals surface area contributed by atoms with E-state index in [2.05, 4.69) is 41.5 Å². The van der Waals surface area contributed by atoms with Crippen LogP contribution in [0.3, 0.4) is 0 Å². The summed E-state index contributed by atoms with van der Waals surface area (Å²) < 4.78 is 16.9. The number of ether oxygens (including phenoxy) is 3. The Bertz CT molecular complexity index is 1020. The van der Waals surface area contributed by atoms with Crippen LogP contribution in [-0.4, -0.2) is 37.2 Å². The van der Waals surface area contributed by atoms with Crippen LogP contribution in [0.15, 0.2) is 0 Å². The van der Waals surface area contributed by atoms with Gasteiger partial charge in [0.15, 0.2) is 6.10 Å². The number of carbonyl (C=O) groups is 3. The Morgan fingerprint density at radius 1 is 0.303 bits per heavy atom. The molecular formula is C60H116O6. The lowest BCUT2D eigenvalue weighted by Gasteiger charge is -2.18. The lowest BCUT2D eigenvalue weighted by Crippen LogP contribution is -2.30. The van der Waals surface area contributed by atoms with E-state index in [9.17, 15) is 14.4 Å². The second-order valence-corrected chi connectivity index (χ2v) is 21.8. The number of rotatable bonds is 53. The molecule has 0 aromatic carbocycles. The topological polar surface area (TPSA) is 78.9 Å². The van der Waals surface area contributed by atoms with Gasteiger partial charge >= 0.3 is 17.9 Å². The largest absolute Gasteiger partial charge is 0.462 e. The van der Waals surface area contributed by atoms with Crippen LogP contribution >= 0.6 is 0 Å². The van der Waals surface area contributed by atoms with Gasteiger partial charge in [-0.1, -0.05) is 292 Å². The molecule has 66 heavy (non-hydrogen) atoms. The summed E-state index contributed by atoms with van der Waals surface area (Å²) in [5.74, 6) is 1.69. The Hall–Kier alpha value is -1.59. The third-order valence-corrected chi connectivity index (χ3v) is 14.0. The third-order valence-electron chi connectivity index (χ3n) is 14.0. The van der Waals surface area contributed by atoms with Gasteiger partial charge in [0.25, 0.3) is 0 Å². The summed E-state index contributed by atoms with van der Waals surface area (Å²) in [6.07, 6.45) is 53.9. The molecule has 0 aliphatic carbocycles. The molecule has 0 heterocycles. The van der Waals surface area contributed by atoms with Gasteiger partial charge < -0.3 is 14.2 Å². The first-order valence-corrected chi connectivity index (χ1v) is 29.6. The Kier molecular flexibility index (Phi) is 50.0. The van der Waals surface area contributed by atoms with Crippen LogP contribution in [0.5, 0.6) is 0 Å². The summed E-state index contributed by atoms with van der Waals surface area (Å²) >= 11 is 0. The van der Waals surface area contributed by atoms with Crippen LogP contribution < -0.4 is 0 Å². The maximum Gasteiger partial charge on any atom is 0.306 e. The molecule has 0 radical (unpaired) electrons. The fourth-order valence-corrected chi connectivity index (χ4v) is 9.14. The molecule has 0 aromatic rings. The minimum Gasteiger partial charge on any atom is -0.462 e. The summed E-state index contributed by atoms with van der Waals surface area (Å²) in [7, 11) is 0. The summed E-state index contributed by atoms with van der Waals surface area (Å²) in [6.45, 7) is 13.8. The van der Waals surface area contributed by atoms with Gasteiger partial charge in [0.2, 0.25) is 0 Å². The van der Waals surface area contributed by atoms with Crippen molar-refractivity contribution in [3.05, 3.63) is 0 Å². The molecule has 6 nitrogen and oxygen atoms in total. The van der Waals surface area contributed by atoms with Gasteiger partial charge in [-0.05, 0) is 37.0 Å². The van der Waals surface area contributed by atoms with E-state index < -0.39 is 6.10 Å². The first-order valence-electron chi connectivity index (χ1n) is 29.6. The highest BCUT2D eigenvalue weighted by Crippen LogP contribution is 2.19. The molecule has 0 spiro atoms. The maximum absolute atomic E-state index is 12.8. The molecule has 0 rings (SSSR count). The van der Waals surface area contributed by atoms with Gasteiger partial charge in [-0.3, -0.25) is 14.4 Å². The summed E-state index contributed by atoms with van der Waals surface area (Å²) in [5, 5.41) is 0. The first-order chi connectivity index (χ1) is 32.1. The highest BCUT2D eigenvalue weighted by molar-refractivity contribution is 5.71. The van der Waals surface area contributed by atoms with Crippen molar-refractivity contribution in [2.45, 2.75) is 337 Å². The Labute approximate surface area is 412 Å². The summed E-state index contributed by atoms with van der Waals surface area (Å²) in [6, 6.07) is 0. The SMILES string of the molecule is CCC(C)CCCCCCCCCCCCCCCCCCCCC(=O)OC[C@H](COC(=O)CCCCCCCCCCC(C)C)OC(=O)CCCCCCCCCCCCCCC(C)C. The molecule has 2 atom stereocenters. The van der Waals surface area contributed by atoms with Crippen molar-refractivity contribution in [1.82, 2.24) is 0 Å². The van der Waals surface area contributed by atoms with Crippen molar-refractivity contribution in [2.24, 2.45) is 17.8 Å². The average Bonchev–Trinajstić information content (AvgIpc) is 3.29. The molecule has 6 heteroatoms. The Morgan fingerprint density at radius 2 is 0.530 bits per heavy atom. The van der Waals surface area contributed by atoms with Gasteiger partial charge in [0.05, 0.1) is 0 Å². The quantitative estimate of drug-likeness (QED) is 0.0343. The molecule has 392 valence electrons. The maximum atomic E-state index is 12.8. The molecule has 1 unspecified atom stereocenters. The van der Waals surface area contributed by atoms with E-state index in [1.165, 1.54) is 212 Å². The summed E-state index contributed by atoms with van der Waals surface area (Å²) in [5.41, 5.74) is 0.